The lowest BCUT2D eigenvalue weighted by molar-refractivity contribution is -0.141. The van der Waals surface area contributed by atoms with Gasteiger partial charge in [0.15, 0.2) is 0 Å². The first-order valence-electron chi connectivity index (χ1n) is 7.39. The van der Waals surface area contributed by atoms with E-state index in [-0.39, 0.29) is 11.5 Å². The summed E-state index contributed by atoms with van der Waals surface area (Å²) in [5.41, 5.74) is 0.0533. The minimum absolute atomic E-state index is 0.128. The molecule has 0 unspecified atom stereocenters. The number of benzene rings is 1. The number of carbonyl (C=O) groups excluding carboxylic acids is 1. The van der Waals surface area contributed by atoms with E-state index < -0.39 is 11.9 Å². The molecule has 3 nitrogen and oxygen atoms in total. The van der Waals surface area contributed by atoms with Gasteiger partial charge in [0.05, 0.1) is 5.56 Å². The molecule has 0 atom stereocenters. The zero-order valence-corrected chi connectivity index (χ0v) is 13.0. The Morgan fingerprint density at radius 3 is 2.42 bits per heavy atom. The van der Waals surface area contributed by atoms with Crippen LogP contribution in [0.3, 0.4) is 0 Å². The van der Waals surface area contributed by atoms with Crippen molar-refractivity contribution in [2.75, 3.05) is 6.54 Å². The summed E-state index contributed by atoms with van der Waals surface area (Å²) >= 11 is 0. The number of rotatable bonds is 6. The fraction of sp³-hybridized carbons (Fsp3) is 0.222. The molecule has 0 N–H and O–H groups in total. The highest BCUT2D eigenvalue weighted by atomic mass is 19.4. The Morgan fingerprint density at radius 2 is 1.88 bits per heavy atom. The van der Waals surface area contributed by atoms with E-state index in [2.05, 4.69) is 11.6 Å². The summed E-state index contributed by atoms with van der Waals surface area (Å²) in [6.07, 6.45) is -1.27. The smallest absolute Gasteiger partial charge is 0.334 e. The first kappa shape index (κ1) is 17.7. The number of carbonyl (C=O) groups is 1. The predicted octanol–water partition coefficient (Wildman–Crippen LogP) is 4.32. The number of alkyl halides is 3. The molecule has 2 aromatic rings. The molecule has 0 radical (unpaired) electrons. The molecule has 1 aromatic heterocycles. The highest BCUT2D eigenvalue weighted by Gasteiger charge is 2.32. The molecule has 0 saturated carbocycles. The van der Waals surface area contributed by atoms with Gasteiger partial charge in [-0.1, -0.05) is 36.4 Å². The second kappa shape index (κ2) is 7.77. The van der Waals surface area contributed by atoms with Crippen LogP contribution in [0.5, 0.6) is 0 Å². The summed E-state index contributed by atoms with van der Waals surface area (Å²) in [5, 5.41) is 0. The third kappa shape index (κ3) is 4.68. The Balaban J connectivity index is 2.19. The van der Waals surface area contributed by atoms with Gasteiger partial charge in [0.2, 0.25) is 0 Å². The molecule has 0 spiro atoms. The van der Waals surface area contributed by atoms with Crippen molar-refractivity contribution in [3.05, 3.63) is 78.1 Å². The van der Waals surface area contributed by atoms with E-state index in [1.54, 1.807) is 11.0 Å². The Bertz CT molecular complexity index is 682. The zero-order chi connectivity index (χ0) is 17.6. The van der Waals surface area contributed by atoms with Crippen molar-refractivity contribution in [2.45, 2.75) is 19.1 Å². The van der Waals surface area contributed by atoms with Crippen LogP contribution in [0.1, 0.15) is 28.0 Å². The summed E-state index contributed by atoms with van der Waals surface area (Å²) in [6.45, 7) is 4.43. The van der Waals surface area contributed by atoms with E-state index in [4.69, 9.17) is 0 Å². The van der Waals surface area contributed by atoms with E-state index in [9.17, 15) is 18.0 Å². The minimum Gasteiger partial charge on any atom is -0.334 e. The van der Waals surface area contributed by atoms with Gasteiger partial charge in [-0.05, 0) is 24.1 Å². The third-order valence-corrected chi connectivity index (χ3v) is 3.41. The fourth-order valence-electron chi connectivity index (χ4n) is 2.17. The van der Waals surface area contributed by atoms with Crippen LogP contribution in [0.15, 0.2) is 61.3 Å². The standard InChI is InChI=1S/C18H17F3N2O/c1-2-3-11-23(13-14-7-5-4-6-8-14)17(24)15-9-10-16(22-12-15)18(19,20)21/h2,4-10,12H,1,3,11,13H2. The van der Waals surface area contributed by atoms with Crippen molar-refractivity contribution in [3.8, 4) is 0 Å². The van der Waals surface area contributed by atoms with E-state index in [0.29, 0.717) is 19.5 Å². The molecule has 0 saturated heterocycles. The second-order valence-corrected chi connectivity index (χ2v) is 5.22. The van der Waals surface area contributed by atoms with Gasteiger partial charge in [0, 0.05) is 19.3 Å². The second-order valence-electron chi connectivity index (χ2n) is 5.22. The SMILES string of the molecule is C=CCCN(Cc1ccccc1)C(=O)c1ccc(C(F)(F)F)nc1. The number of pyridine rings is 1. The van der Waals surface area contributed by atoms with Gasteiger partial charge in [-0.15, -0.1) is 6.58 Å². The van der Waals surface area contributed by atoms with E-state index in [1.165, 1.54) is 0 Å². The fourth-order valence-corrected chi connectivity index (χ4v) is 2.17. The van der Waals surface area contributed by atoms with Gasteiger partial charge >= 0.3 is 6.18 Å². The average molecular weight is 334 g/mol. The molecule has 0 aliphatic rings. The van der Waals surface area contributed by atoms with Crippen molar-refractivity contribution in [2.24, 2.45) is 0 Å². The van der Waals surface area contributed by atoms with Crippen molar-refractivity contribution in [1.29, 1.82) is 0 Å². The van der Waals surface area contributed by atoms with E-state index in [1.807, 2.05) is 30.3 Å². The topological polar surface area (TPSA) is 33.2 Å². The molecule has 0 fully saturated rings. The maximum atomic E-state index is 12.6. The lowest BCUT2D eigenvalue weighted by Crippen LogP contribution is -2.31. The molecule has 0 aliphatic carbocycles. The molecule has 0 bridgehead atoms. The maximum Gasteiger partial charge on any atom is 0.433 e. The van der Waals surface area contributed by atoms with Crippen LogP contribution in [-0.2, 0) is 12.7 Å². The number of amides is 1. The average Bonchev–Trinajstić information content (AvgIpc) is 2.58. The van der Waals surface area contributed by atoms with Crippen molar-refractivity contribution < 1.29 is 18.0 Å². The number of nitrogens with zero attached hydrogens (tertiary/aromatic N) is 2. The van der Waals surface area contributed by atoms with E-state index in [0.717, 1.165) is 23.9 Å². The third-order valence-electron chi connectivity index (χ3n) is 3.41. The zero-order valence-electron chi connectivity index (χ0n) is 13.0. The Hall–Kier alpha value is -2.63. The van der Waals surface area contributed by atoms with Crippen LogP contribution in [-0.4, -0.2) is 22.3 Å². The van der Waals surface area contributed by atoms with Crippen LogP contribution >= 0.6 is 0 Å². The van der Waals surface area contributed by atoms with Crippen LogP contribution in [0.2, 0.25) is 0 Å². The van der Waals surface area contributed by atoms with Gasteiger partial charge < -0.3 is 4.90 Å². The molecule has 1 heterocycles. The van der Waals surface area contributed by atoms with Gasteiger partial charge in [0.1, 0.15) is 5.69 Å². The van der Waals surface area contributed by atoms with Gasteiger partial charge in [-0.3, -0.25) is 9.78 Å². The summed E-state index contributed by atoms with van der Waals surface area (Å²) in [7, 11) is 0. The number of halogens is 3. The van der Waals surface area contributed by atoms with Crippen LogP contribution in [0, 0.1) is 0 Å². The molecule has 0 aliphatic heterocycles. The molecule has 2 rings (SSSR count). The number of hydrogen-bond acceptors (Lipinski definition) is 2. The van der Waals surface area contributed by atoms with Crippen LogP contribution in [0.4, 0.5) is 13.2 Å². The summed E-state index contributed by atoms with van der Waals surface area (Å²) in [6, 6.07) is 11.4. The Morgan fingerprint density at radius 1 is 1.17 bits per heavy atom. The summed E-state index contributed by atoms with van der Waals surface area (Å²) in [5.74, 6) is -0.359. The Labute approximate surface area is 138 Å². The number of aromatic nitrogens is 1. The summed E-state index contributed by atoms with van der Waals surface area (Å²) in [4.78, 5) is 17.5. The summed E-state index contributed by atoms with van der Waals surface area (Å²) < 4.78 is 37.7. The highest BCUT2D eigenvalue weighted by molar-refractivity contribution is 5.93. The van der Waals surface area contributed by atoms with E-state index >= 15 is 0 Å². The molecular weight excluding hydrogens is 317 g/mol. The Kier molecular flexibility index (Phi) is 5.73. The van der Waals surface area contributed by atoms with Crippen LogP contribution in [0.25, 0.3) is 0 Å². The first-order valence-corrected chi connectivity index (χ1v) is 7.39. The normalized spacial score (nSPS) is 11.1. The van der Waals surface area contributed by atoms with Crippen molar-refractivity contribution in [3.63, 3.8) is 0 Å². The quantitative estimate of drug-likeness (QED) is 0.737. The van der Waals surface area contributed by atoms with Gasteiger partial charge in [0.25, 0.3) is 5.91 Å². The predicted molar refractivity (Wildman–Crippen MR) is 85.2 cm³/mol. The lowest BCUT2D eigenvalue weighted by Gasteiger charge is -2.22. The monoisotopic (exact) mass is 334 g/mol. The van der Waals surface area contributed by atoms with Gasteiger partial charge in [-0.25, -0.2) is 0 Å². The van der Waals surface area contributed by atoms with Crippen molar-refractivity contribution in [1.82, 2.24) is 9.88 Å². The lowest BCUT2D eigenvalue weighted by atomic mass is 10.1. The minimum atomic E-state index is -4.52. The largest absolute Gasteiger partial charge is 0.433 e. The van der Waals surface area contributed by atoms with Gasteiger partial charge in [-0.2, -0.15) is 13.2 Å². The van der Waals surface area contributed by atoms with Crippen LogP contribution < -0.4 is 0 Å². The van der Waals surface area contributed by atoms with Crippen molar-refractivity contribution >= 4 is 5.91 Å². The molecule has 126 valence electrons. The molecular formula is C18H17F3N2O. The number of hydrogen-bond donors (Lipinski definition) is 0. The first-order chi connectivity index (χ1) is 11.4. The molecule has 6 heteroatoms. The molecule has 1 aromatic carbocycles. The maximum absolute atomic E-state index is 12.6. The molecule has 24 heavy (non-hydrogen) atoms. The highest BCUT2D eigenvalue weighted by Crippen LogP contribution is 2.27. The molecule has 1 amide bonds.